The lowest BCUT2D eigenvalue weighted by atomic mass is 10.3. The maximum absolute atomic E-state index is 12.3. The molecule has 0 saturated heterocycles. The number of hydrogen-bond acceptors (Lipinski definition) is 4. The van der Waals surface area contributed by atoms with Gasteiger partial charge in [-0.05, 0) is 44.4 Å². The Hall–Kier alpha value is -1.82. The molecule has 0 radical (unpaired) electrons. The first kappa shape index (κ1) is 19.2. The molecule has 0 aromatic carbocycles. The van der Waals surface area contributed by atoms with Gasteiger partial charge in [-0.15, -0.1) is 0 Å². The van der Waals surface area contributed by atoms with Crippen LogP contribution in [0.15, 0.2) is 23.1 Å². The van der Waals surface area contributed by atoms with Crippen molar-refractivity contribution in [2.24, 2.45) is 5.73 Å². The van der Waals surface area contributed by atoms with Crippen molar-refractivity contribution in [2.45, 2.75) is 46.1 Å². The van der Waals surface area contributed by atoms with E-state index in [0.29, 0.717) is 26.2 Å². The molecular formula is C17H29N3O3. The molecule has 1 aromatic heterocycles. The molecule has 0 saturated carbocycles. The minimum Gasteiger partial charge on any atom is -0.478 e. The van der Waals surface area contributed by atoms with E-state index in [0.717, 1.165) is 25.7 Å². The summed E-state index contributed by atoms with van der Waals surface area (Å²) in [5.41, 5.74) is 5.27. The molecule has 0 atom stereocenters. The fraction of sp³-hybridized carbons (Fsp3) is 0.647. The molecule has 0 spiro atoms. The molecule has 0 aliphatic heterocycles. The van der Waals surface area contributed by atoms with Gasteiger partial charge in [0.05, 0.1) is 0 Å². The summed E-state index contributed by atoms with van der Waals surface area (Å²) in [6.07, 6.45) is 5.27. The highest BCUT2D eigenvalue weighted by Gasteiger charge is 2.13. The maximum Gasteiger partial charge on any atom is 0.292 e. The van der Waals surface area contributed by atoms with E-state index in [2.05, 4.69) is 0 Å². The van der Waals surface area contributed by atoms with Crippen LogP contribution in [0.4, 0.5) is 0 Å². The summed E-state index contributed by atoms with van der Waals surface area (Å²) in [5.74, 6) is 0.146. The van der Waals surface area contributed by atoms with Crippen LogP contribution in [-0.2, 0) is 11.3 Å². The molecule has 1 aromatic rings. The van der Waals surface area contributed by atoms with Crippen molar-refractivity contribution in [3.8, 4) is 5.75 Å². The Morgan fingerprint density at radius 3 is 2.57 bits per heavy atom. The predicted octanol–water partition coefficient (Wildman–Crippen LogP) is 1.61. The molecule has 130 valence electrons. The van der Waals surface area contributed by atoms with Gasteiger partial charge in [0.2, 0.25) is 0 Å². The van der Waals surface area contributed by atoms with Gasteiger partial charge in [0.1, 0.15) is 0 Å². The van der Waals surface area contributed by atoms with Gasteiger partial charge >= 0.3 is 0 Å². The van der Waals surface area contributed by atoms with Crippen LogP contribution in [0.1, 0.15) is 39.5 Å². The van der Waals surface area contributed by atoms with Gasteiger partial charge in [-0.1, -0.05) is 13.8 Å². The van der Waals surface area contributed by atoms with Crippen LogP contribution < -0.4 is 16.0 Å². The first-order valence-electron chi connectivity index (χ1n) is 8.44. The van der Waals surface area contributed by atoms with Crippen LogP contribution in [0.25, 0.3) is 0 Å². The van der Waals surface area contributed by atoms with Crippen molar-refractivity contribution in [2.75, 3.05) is 26.2 Å². The van der Waals surface area contributed by atoms with Crippen molar-refractivity contribution in [1.82, 2.24) is 9.47 Å². The quantitative estimate of drug-likeness (QED) is 0.628. The summed E-state index contributed by atoms with van der Waals surface area (Å²) in [5, 5.41) is 0. The number of aryl methyl sites for hydroxylation is 1. The zero-order valence-corrected chi connectivity index (χ0v) is 14.3. The summed E-state index contributed by atoms with van der Waals surface area (Å²) >= 11 is 0. The highest BCUT2D eigenvalue weighted by Crippen LogP contribution is 2.04. The largest absolute Gasteiger partial charge is 0.478 e. The third-order valence-corrected chi connectivity index (χ3v) is 3.53. The number of unbranched alkanes of at least 4 members (excludes halogenated alkanes) is 1. The van der Waals surface area contributed by atoms with Crippen LogP contribution in [0.2, 0.25) is 0 Å². The first-order valence-corrected chi connectivity index (χ1v) is 8.44. The van der Waals surface area contributed by atoms with E-state index in [9.17, 15) is 9.59 Å². The Kier molecular flexibility index (Phi) is 9.05. The van der Waals surface area contributed by atoms with Crippen LogP contribution in [-0.4, -0.2) is 41.6 Å². The second-order valence-corrected chi connectivity index (χ2v) is 5.54. The van der Waals surface area contributed by atoms with Crippen LogP contribution in [0.5, 0.6) is 5.75 Å². The van der Waals surface area contributed by atoms with Crippen molar-refractivity contribution in [3.63, 3.8) is 0 Å². The Balaban J connectivity index is 2.64. The molecule has 0 fully saturated rings. The lowest BCUT2D eigenvalue weighted by Crippen LogP contribution is -2.36. The van der Waals surface area contributed by atoms with Gasteiger partial charge in [-0.2, -0.15) is 0 Å². The van der Waals surface area contributed by atoms with E-state index in [1.54, 1.807) is 27.8 Å². The average molecular weight is 323 g/mol. The summed E-state index contributed by atoms with van der Waals surface area (Å²) in [7, 11) is 0. The Labute approximate surface area is 138 Å². The Morgan fingerprint density at radius 1 is 1.26 bits per heavy atom. The van der Waals surface area contributed by atoms with Crippen LogP contribution in [0.3, 0.4) is 0 Å². The van der Waals surface area contributed by atoms with Crippen molar-refractivity contribution >= 4 is 5.91 Å². The molecule has 1 rings (SSSR count). The highest BCUT2D eigenvalue weighted by atomic mass is 16.5. The number of hydrogen-bond donors (Lipinski definition) is 1. The molecule has 2 N–H and O–H groups in total. The number of nitrogens with zero attached hydrogens (tertiary/aromatic N) is 2. The number of pyridine rings is 1. The number of nitrogens with two attached hydrogens (primary N) is 1. The molecule has 0 unspecified atom stereocenters. The third-order valence-electron chi connectivity index (χ3n) is 3.53. The van der Waals surface area contributed by atoms with E-state index in [4.69, 9.17) is 10.5 Å². The van der Waals surface area contributed by atoms with Crippen LogP contribution in [0, 0.1) is 0 Å². The van der Waals surface area contributed by atoms with Gasteiger partial charge in [0, 0.05) is 25.8 Å². The van der Waals surface area contributed by atoms with Gasteiger partial charge in [-0.3, -0.25) is 9.59 Å². The lowest BCUT2D eigenvalue weighted by molar-refractivity contribution is -0.133. The van der Waals surface area contributed by atoms with E-state index in [1.165, 1.54) is 0 Å². The molecule has 0 aliphatic rings. The van der Waals surface area contributed by atoms with Crippen LogP contribution >= 0.6 is 0 Å². The number of carbonyl (C=O) groups excluding carboxylic acids is 1. The van der Waals surface area contributed by atoms with E-state index in [1.807, 2.05) is 13.8 Å². The monoisotopic (exact) mass is 323 g/mol. The first-order chi connectivity index (χ1) is 11.1. The van der Waals surface area contributed by atoms with Gasteiger partial charge < -0.3 is 19.9 Å². The standard InChI is InChI=1S/C17H29N3O3/c1-3-10-19(11-4-2)16(21)14-23-15-8-7-13-20(17(15)22)12-6-5-9-18/h7-8,13H,3-6,9-12,14,18H2,1-2H3. The fourth-order valence-electron chi connectivity index (χ4n) is 2.36. The van der Waals surface area contributed by atoms with Crippen molar-refractivity contribution in [3.05, 3.63) is 28.7 Å². The second kappa shape index (κ2) is 10.8. The number of amides is 1. The molecule has 23 heavy (non-hydrogen) atoms. The number of rotatable bonds is 11. The lowest BCUT2D eigenvalue weighted by Gasteiger charge is -2.21. The third kappa shape index (κ3) is 6.44. The fourth-order valence-corrected chi connectivity index (χ4v) is 2.36. The smallest absolute Gasteiger partial charge is 0.292 e. The summed E-state index contributed by atoms with van der Waals surface area (Å²) in [6.45, 7) is 6.63. The minimum absolute atomic E-state index is 0.0772. The average Bonchev–Trinajstić information content (AvgIpc) is 2.55. The zero-order valence-electron chi connectivity index (χ0n) is 14.3. The SMILES string of the molecule is CCCN(CCC)C(=O)COc1cccn(CCCCN)c1=O. The van der Waals surface area contributed by atoms with Crippen molar-refractivity contribution < 1.29 is 9.53 Å². The summed E-state index contributed by atoms with van der Waals surface area (Å²) in [6, 6.07) is 3.37. The number of aromatic nitrogens is 1. The van der Waals surface area contributed by atoms with Crippen molar-refractivity contribution in [1.29, 1.82) is 0 Å². The second-order valence-electron chi connectivity index (χ2n) is 5.54. The normalized spacial score (nSPS) is 10.6. The topological polar surface area (TPSA) is 77.6 Å². The molecule has 6 nitrogen and oxygen atoms in total. The van der Waals surface area contributed by atoms with E-state index < -0.39 is 0 Å². The predicted molar refractivity (Wildman–Crippen MR) is 91.6 cm³/mol. The van der Waals surface area contributed by atoms with Gasteiger partial charge in [0.15, 0.2) is 12.4 Å². The van der Waals surface area contributed by atoms with Gasteiger partial charge in [0.25, 0.3) is 11.5 Å². The Morgan fingerprint density at radius 2 is 1.96 bits per heavy atom. The Bertz CT molecular complexity index is 522. The van der Waals surface area contributed by atoms with E-state index >= 15 is 0 Å². The molecular weight excluding hydrogens is 294 g/mol. The van der Waals surface area contributed by atoms with E-state index in [-0.39, 0.29) is 23.8 Å². The highest BCUT2D eigenvalue weighted by molar-refractivity contribution is 5.77. The molecule has 0 aliphatic carbocycles. The minimum atomic E-state index is -0.199. The van der Waals surface area contributed by atoms with Gasteiger partial charge in [-0.25, -0.2) is 0 Å². The molecule has 0 bridgehead atoms. The summed E-state index contributed by atoms with van der Waals surface area (Å²) < 4.78 is 7.07. The summed E-state index contributed by atoms with van der Waals surface area (Å²) in [4.78, 5) is 26.2. The number of ether oxygens (including phenoxy) is 1. The number of carbonyl (C=O) groups is 1. The molecule has 1 heterocycles. The zero-order chi connectivity index (χ0) is 17.1. The maximum atomic E-state index is 12.3. The molecule has 1 amide bonds. The molecule has 6 heteroatoms.